The zero-order valence-electron chi connectivity index (χ0n) is 11.3. The average Bonchev–Trinajstić information content (AvgIpc) is 2.91. The molecule has 0 spiro atoms. The highest BCUT2D eigenvalue weighted by Gasteiger charge is 2.00. The highest BCUT2D eigenvalue weighted by molar-refractivity contribution is 5.35. The summed E-state index contributed by atoms with van der Waals surface area (Å²) in [7, 11) is 0. The molecule has 0 radical (unpaired) electrons. The van der Waals surface area contributed by atoms with Crippen LogP contribution in [0, 0.1) is 0 Å². The van der Waals surface area contributed by atoms with Gasteiger partial charge in [0.25, 0.3) is 0 Å². The van der Waals surface area contributed by atoms with Gasteiger partial charge in [0.2, 0.25) is 0 Å². The maximum Gasteiger partial charge on any atom is 0.0449 e. The number of rotatable bonds is 6. The van der Waals surface area contributed by atoms with Crippen LogP contribution < -0.4 is 5.32 Å². The van der Waals surface area contributed by atoms with Gasteiger partial charge in [0.15, 0.2) is 0 Å². The molecule has 0 aliphatic carbocycles. The van der Waals surface area contributed by atoms with Crippen molar-refractivity contribution in [1.82, 2.24) is 9.88 Å². The fourth-order valence-electron chi connectivity index (χ4n) is 2.12. The third-order valence-corrected chi connectivity index (χ3v) is 3.22. The van der Waals surface area contributed by atoms with Crippen LogP contribution in [-0.2, 0) is 6.54 Å². The molecule has 1 heterocycles. The summed E-state index contributed by atoms with van der Waals surface area (Å²) in [5.41, 5.74) is 2.55. The molecule has 1 aromatic heterocycles. The van der Waals surface area contributed by atoms with Crippen LogP contribution in [0.1, 0.15) is 32.3 Å². The molecule has 2 nitrogen and oxygen atoms in total. The van der Waals surface area contributed by atoms with Crippen molar-refractivity contribution in [3.63, 3.8) is 0 Å². The number of hydrogen-bond acceptors (Lipinski definition) is 1. The summed E-state index contributed by atoms with van der Waals surface area (Å²) in [6, 6.07) is 13.4. The SMILES string of the molecule is CCCC(C)NCc1ccc(-n2cccc2)cc1. The van der Waals surface area contributed by atoms with E-state index in [-0.39, 0.29) is 0 Å². The molecule has 18 heavy (non-hydrogen) atoms. The van der Waals surface area contributed by atoms with Gasteiger partial charge in [0.1, 0.15) is 0 Å². The Hall–Kier alpha value is -1.54. The normalized spacial score (nSPS) is 12.6. The fraction of sp³-hybridized carbons (Fsp3) is 0.375. The molecule has 0 aliphatic rings. The Kier molecular flexibility index (Phi) is 4.59. The zero-order chi connectivity index (χ0) is 12.8. The van der Waals surface area contributed by atoms with Crippen LogP contribution in [0.3, 0.4) is 0 Å². The zero-order valence-corrected chi connectivity index (χ0v) is 11.3. The number of hydrogen-bond donors (Lipinski definition) is 1. The summed E-state index contributed by atoms with van der Waals surface area (Å²) in [5.74, 6) is 0. The van der Waals surface area contributed by atoms with E-state index in [4.69, 9.17) is 0 Å². The number of benzene rings is 1. The molecule has 1 unspecified atom stereocenters. The highest BCUT2D eigenvalue weighted by Crippen LogP contribution is 2.10. The predicted octanol–water partition coefficient (Wildman–Crippen LogP) is 3.76. The summed E-state index contributed by atoms with van der Waals surface area (Å²) < 4.78 is 2.12. The molecule has 1 atom stereocenters. The summed E-state index contributed by atoms with van der Waals surface area (Å²) >= 11 is 0. The molecule has 0 amide bonds. The first-order valence-corrected chi connectivity index (χ1v) is 6.75. The van der Waals surface area contributed by atoms with Gasteiger partial charge in [-0.05, 0) is 43.2 Å². The third kappa shape index (κ3) is 3.47. The van der Waals surface area contributed by atoms with Gasteiger partial charge < -0.3 is 9.88 Å². The number of aromatic nitrogens is 1. The van der Waals surface area contributed by atoms with E-state index < -0.39 is 0 Å². The second kappa shape index (κ2) is 6.41. The van der Waals surface area contributed by atoms with E-state index >= 15 is 0 Å². The molecular formula is C16H22N2. The lowest BCUT2D eigenvalue weighted by Crippen LogP contribution is -2.25. The lowest BCUT2D eigenvalue weighted by atomic mass is 10.1. The molecule has 0 fully saturated rings. The second-order valence-electron chi connectivity index (χ2n) is 4.83. The van der Waals surface area contributed by atoms with E-state index in [0.29, 0.717) is 6.04 Å². The lowest BCUT2D eigenvalue weighted by Gasteiger charge is -2.13. The highest BCUT2D eigenvalue weighted by atomic mass is 14.9. The first-order chi connectivity index (χ1) is 8.79. The Morgan fingerprint density at radius 3 is 2.39 bits per heavy atom. The standard InChI is InChI=1S/C16H22N2/c1-3-6-14(2)17-13-15-7-9-16(10-8-15)18-11-4-5-12-18/h4-5,7-12,14,17H,3,6,13H2,1-2H3. The number of nitrogens with one attached hydrogen (secondary N) is 1. The van der Waals surface area contributed by atoms with Crippen molar-refractivity contribution in [2.75, 3.05) is 0 Å². The van der Waals surface area contributed by atoms with Crippen molar-refractivity contribution >= 4 is 0 Å². The van der Waals surface area contributed by atoms with Crippen molar-refractivity contribution in [2.45, 2.75) is 39.3 Å². The van der Waals surface area contributed by atoms with Crippen molar-refractivity contribution in [3.05, 3.63) is 54.4 Å². The largest absolute Gasteiger partial charge is 0.324 e. The van der Waals surface area contributed by atoms with Crippen LogP contribution in [0.25, 0.3) is 5.69 Å². The van der Waals surface area contributed by atoms with Gasteiger partial charge in [-0.15, -0.1) is 0 Å². The van der Waals surface area contributed by atoms with Gasteiger partial charge >= 0.3 is 0 Å². The van der Waals surface area contributed by atoms with Gasteiger partial charge in [-0.2, -0.15) is 0 Å². The fourth-order valence-corrected chi connectivity index (χ4v) is 2.12. The topological polar surface area (TPSA) is 17.0 Å². The molecule has 2 rings (SSSR count). The molecule has 0 aliphatic heterocycles. The summed E-state index contributed by atoms with van der Waals surface area (Å²) in [6.07, 6.45) is 6.61. The summed E-state index contributed by atoms with van der Waals surface area (Å²) in [6.45, 7) is 5.43. The number of nitrogens with zero attached hydrogens (tertiary/aromatic N) is 1. The van der Waals surface area contributed by atoms with Crippen molar-refractivity contribution in [2.24, 2.45) is 0 Å². The first-order valence-electron chi connectivity index (χ1n) is 6.75. The monoisotopic (exact) mass is 242 g/mol. The van der Waals surface area contributed by atoms with E-state index in [1.165, 1.54) is 24.1 Å². The van der Waals surface area contributed by atoms with Gasteiger partial charge in [-0.3, -0.25) is 0 Å². The van der Waals surface area contributed by atoms with Gasteiger partial charge in [-0.25, -0.2) is 0 Å². The maximum atomic E-state index is 3.55. The molecule has 2 aromatic rings. The minimum Gasteiger partial charge on any atom is -0.324 e. The van der Waals surface area contributed by atoms with Crippen LogP contribution in [0.15, 0.2) is 48.8 Å². The molecule has 1 aromatic carbocycles. The van der Waals surface area contributed by atoms with Crippen LogP contribution in [0.2, 0.25) is 0 Å². The van der Waals surface area contributed by atoms with Crippen molar-refractivity contribution < 1.29 is 0 Å². The van der Waals surface area contributed by atoms with E-state index in [1.807, 2.05) is 12.1 Å². The van der Waals surface area contributed by atoms with Crippen LogP contribution in [-0.4, -0.2) is 10.6 Å². The molecule has 2 heteroatoms. The Balaban J connectivity index is 1.92. The maximum absolute atomic E-state index is 3.55. The predicted molar refractivity (Wildman–Crippen MR) is 77.0 cm³/mol. The Bertz CT molecular complexity index is 442. The van der Waals surface area contributed by atoms with E-state index in [0.717, 1.165) is 6.54 Å². The summed E-state index contributed by atoms with van der Waals surface area (Å²) in [5, 5.41) is 3.55. The Morgan fingerprint density at radius 2 is 1.78 bits per heavy atom. The second-order valence-corrected chi connectivity index (χ2v) is 4.83. The first kappa shape index (κ1) is 12.9. The third-order valence-electron chi connectivity index (χ3n) is 3.22. The Labute approximate surface area is 110 Å². The van der Waals surface area contributed by atoms with E-state index in [2.05, 4.69) is 60.4 Å². The van der Waals surface area contributed by atoms with Gasteiger partial charge in [0, 0.05) is 30.7 Å². The Morgan fingerprint density at radius 1 is 1.11 bits per heavy atom. The van der Waals surface area contributed by atoms with Crippen molar-refractivity contribution in [3.8, 4) is 5.69 Å². The molecule has 0 saturated carbocycles. The minimum absolute atomic E-state index is 0.596. The van der Waals surface area contributed by atoms with E-state index in [1.54, 1.807) is 0 Å². The van der Waals surface area contributed by atoms with E-state index in [9.17, 15) is 0 Å². The smallest absolute Gasteiger partial charge is 0.0449 e. The summed E-state index contributed by atoms with van der Waals surface area (Å²) in [4.78, 5) is 0. The lowest BCUT2D eigenvalue weighted by molar-refractivity contribution is 0.508. The minimum atomic E-state index is 0.596. The molecular weight excluding hydrogens is 220 g/mol. The van der Waals surface area contributed by atoms with Crippen LogP contribution in [0.5, 0.6) is 0 Å². The van der Waals surface area contributed by atoms with Crippen LogP contribution >= 0.6 is 0 Å². The average molecular weight is 242 g/mol. The molecule has 0 bridgehead atoms. The quantitative estimate of drug-likeness (QED) is 0.816. The van der Waals surface area contributed by atoms with Crippen molar-refractivity contribution in [1.29, 1.82) is 0 Å². The molecule has 1 N–H and O–H groups in total. The molecule has 96 valence electrons. The van der Waals surface area contributed by atoms with Gasteiger partial charge in [-0.1, -0.05) is 25.5 Å². The van der Waals surface area contributed by atoms with Gasteiger partial charge in [0.05, 0.1) is 0 Å². The van der Waals surface area contributed by atoms with Crippen LogP contribution in [0.4, 0.5) is 0 Å². The molecule has 0 saturated heterocycles.